The Morgan fingerprint density at radius 2 is 1.92 bits per heavy atom. The van der Waals surface area contributed by atoms with E-state index in [0.29, 0.717) is 5.92 Å². The van der Waals surface area contributed by atoms with Crippen LogP contribution in [0.1, 0.15) is 43.4 Å². The van der Waals surface area contributed by atoms with Crippen LogP contribution in [0.25, 0.3) is 0 Å². The predicted octanol–water partition coefficient (Wildman–Crippen LogP) is 4.31. The topological polar surface area (TPSA) is 52.8 Å². The Labute approximate surface area is 178 Å². The molecule has 0 amide bonds. The maximum absolute atomic E-state index is 5.65. The molecule has 2 rings (SSSR count). The van der Waals surface area contributed by atoms with Gasteiger partial charge >= 0.3 is 0 Å². The molecule has 0 saturated carbocycles. The average molecular weight is 490 g/mol. The zero-order chi connectivity index (χ0) is 18.1. The number of likely N-dealkylation sites (N-methyl/N-ethyl adjacent to an activating group) is 1. The van der Waals surface area contributed by atoms with Crippen LogP contribution in [0.3, 0.4) is 0 Å². The van der Waals surface area contributed by atoms with E-state index in [9.17, 15) is 0 Å². The third kappa shape index (κ3) is 6.59. The highest BCUT2D eigenvalue weighted by Crippen LogP contribution is 2.21. The summed E-state index contributed by atoms with van der Waals surface area (Å²) in [4.78, 5) is 8.13. The molecule has 0 aliphatic carbocycles. The van der Waals surface area contributed by atoms with Crippen molar-refractivity contribution in [2.24, 2.45) is 4.99 Å². The third-order valence-corrected chi connectivity index (χ3v) is 5.52. The van der Waals surface area contributed by atoms with Crippen molar-refractivity contribution in [3.05, 3.63) is 46.5 Å². The number of nitrogens with one attached hydrogen (secondary N) is 2. The molecule has 7 heteroatoms. The molecule has 0 aliphatic heterocycles. The van der Waals surface area contributed by atoms with Crippen molar-refractivity contribution < 1.29 is 4.42 Å². The summed E-state index contributed by atoms with van der Waals surface area (Å²) in [6.07, 6.45) is 1.74. The van der Waals surface area contributed by atoms with Gasteiger partial charge in [-0.05, 0) is 36.7 Å². The number of rotatable bonds is 9. The molecule has 0 aliphatic rings. The highest BCUT2D eigenvalue weighted by molar-refractivity contribution is 14.0. The highest BCUT2D eigenvalue weighted by Gasteiger charge is 2.21. The lowest BCUT2D eigenvalue weighted by Gasteiger charge is -2.29. The number of guanidine groups is 1. The van der Waals surface area contributed by atoms with Gasteiger partial charge in [0.15, 0.2) is 5.96 Å². The van der Waals surface area contributed by atoms with E-state index in [2.05, 4.69) is 58.8 Å². The first kappa shape index (κ1) is 23.0. The van der Waals surface area contributed by atoms with Crippen molar-refractivity contribution in [2.45, 2.75) is 32.7 Å². The van der Waals surface area contributed by atoms with Gasteiger partial charge in [0.1, 0.15) is 5.76 Å². The number of thiophene rings is 1. The van der Waals surface area contributed by atoms with E-state index in [1.54, 1.807) is 17.6 Å². The molecule has 5 nitrogen and oxygen atoms in total. The van der Waals surface area contributed by atoms with Gasteiger partial charge in [-0.1, -0.05) is 26.8 Å². The van der Waals surface area contributed by atoms with Gasteiger partial charge in [-0.3, -0.25) is 9.89 Å². The monoisotopic (exact) mass is 490 g/mol. The SMILES string of the molecule is CCN(CC)C(CNC(=NC)NCC(C)c1cccs1)c1ccco1.I. The minimum Gasteiger partial charge on any atom is -0.468 e. The van der Waals surface area contributed by atoms with Gasteiger partial charge in [-0.2, -0.15) is 0 Å². The normalized spacial score (nSPS) is 14.0. The maximum Gasteiger partial charge on any atom is 0.191 e. The van der Waals surface area contributed by atoms with Crippen LogP contribution in [-0.2, 0) is 0 Å². The molecular formula is C19H31IN4OS. The Balaban J connectivity index is 0.00000338. The van der Waals surface area contributed by atoms with Gasteiger partial charge in [-0.15, -0.1) is 35.3 Å². The van der Waals surface area contributed by atoms with Crippen LogP contribution in [0.4, 0.5) is 0 Å². The van der Waals surface area contributed by atoms with Crippen molar-refractivity contribution in [3.63, 3.8) is 0 Å². The van der Waals surface area contributed by atoms with Gasteiger partial charge in [0, 0.05) is 30.9 Å². The van der Waals surface area contributed by atoms with Crippen LogP contribution in [-0.4, -0.2) is 44.1 Å². The van der Waals surface area contributed by atoms with Crippen molar-refractivity contribution in [3.8, 4) is 0 Å². The standard InChI is InChI=1S/C19H30N4OS.HI/c1-5-23(6-2)16(17-9-7-11-24-17)14-22-19(20-4)21-13-15(3)18-10-8-12-25-18;/h7-12,15-16H,5-6,13-14H2,1-4H3,(H2,20,21,22);1H. The molecule has 0 fully saturated rings. The van der Waals surface area contributed by atoms with E-state index in [4.69, 9.17) is 4.42 Å². The first-order valence-corrected chi connectivity index (χ1v) is 9.82. The molecule has 2 aromatic heterocycles. The minimum absolute atomic E-state index is 0. The Hall–Kier alpha value is -1.06. The average Bonchev–Trinajstić information content (AvgIpc) is 3.34. The van der Waals surface area contributed by atoms with Gasteiger partial charge < -0.3 is 15.1 Å². The van der Waals surface area contributed by atoms with E-state index in [-0.39, 0.29) is 30.0 Å². The number of aliphatic imine (C=N–C) groups is 1. The Morgan fingerprint density at radius 3 is 2.46 bits per heavy atom. The van der Waals surface area contributed by atoms with E-state index in [1.807, 2.05) is 19.2 Å². The minimum atomic E-state index is 0. The molecule has 26 heavy (non-hydrogen) atoms. The summed E-state index contributed by atoms with van der Waals surface area (Å²) in [6.45, 7) is 10.1. The Kier molecular flexibility index (Phi) is 10.9. The van der Waals surface area contributed by atoms with Gasteiger partial charge in [-0.25, -0.2) is 0 Å². The smallest absolute Gasteiger partial charge is 0.191 e. The fourth-order valence-electron chi connectivity index (χ4n) is 2.89. The summed E-state index contributed by atoms with van der Waals surface area (Å²) in [5.41, 5.74) is 0. The predicted molar refractivity (Wildman–Crippen MR) is 122 cm³/mol. The molecule has 2 unspecified atom stereocenters. The maximum atomic E-state index is 5.65. The van der Waals surface area contributed by atoms with Gasteiger partial charge in [0.05, 0.1) is 12.3 Å². The molecule has 2 atom stereocenters. The number of hydrogen-bond donors (Lipinski definition) is 2. The van der Waals surface area contributed by atoms with E-state index < -0.39 is 0 Å². The number of nitrogens with zero attached hydrogens (tertiary/aromatic N) is 2. The second-order valence-corrected chi connectivity index (χ2v) is 6.98. The summed E-state index contributed by atoms with van der Waals surface area (Å²) in [7, 11) is 1.81. The quantitative estimate of drug-likeness (QED) is 0.313. The molecule has 0 bridgehead atoms. The van der Waals surface area contributed by atoms with E-state index in [0.717, 1.165) is 37.9 Å². The van der Waals surface area contributed by atoms with E-state index in [1.165, 1.54) is 4.88 Å². The lowest BCUT2D eigenvalue weighted by molar-refractivity contribution is 0.193. The van der Waals surface area contributed by atoms with Crippen LogP contribution in [0.15, 0.2) is 45.3 Å². The van der Waals surface area contributed by atoms with Crippen molar-refractivity contribution in [1.82, 2.24) is 15.5 Å². The van der Waals surface area contributed by atoms with Crippen LogP contribution in [0, 0.1) is 0 Å². The zero-order valence-electron chi connectivity index (χ0n) is 16.1. The lowest BCUT2D eigenvalue weighted by atomic mass is 10.1. The molecule has 2 aromatic rings. The number of furan rings is 1. The van der Waals surface area contributed by atoms with Crippen LogP contribution in [0.5, 0.6) is 0 Å². The van der Waals surface area contributed by atoms with Crippen LogP contribution >= 0.6 is 35.3 Å². The summed E-state index contributed by atoms with van der Waals surface area (Å²) in [5.74, 6) is 2.27. The molecule has 2 N–H and O–H groups in total. The lowest BCUT2D eigenvalue weighted by Crippen LogP contribution is -2.44. The van der Waals surface area contributed by atoms with Crippen LogP contribution < -0.4 is 10.6 Å². The summed E-state index contributed by atoms with van der Waals surface area (Å²) < 4.78 is 5.65. The first-order valence-electron chi connectivity index (χ1n) is 8.94. The highest BCUT2D eigenvalue weighted by atomic mass is 127. The van der Waals surface area contributed by atoms with Crippen molar-refractivity contribution in [2.75, 3.05) is 33.2 Å². The second-order valence-electron chi connectivity index (χ2n) is 6.00. The summed E-state index contributed by atoms with van der Waals surface area (Å²) in [6, 6.07) is 8.46. The fraction of sp³-hybridized carbons (Fsp3) is 0.526. The molecule has 0 saturated heterocycles. The molecule has 0 spiro atoms. The third-order valence-electron chi connectivity index (χ3n) is 4.42. The molecular weight excluding hydrogens is 459 g/mol. The largest absolute Gasteiger partial charge is 0.468 e. The molecule has 2 heterocycles. The Morgan fingerprint density at radius 1 is 1.19 bits per heavy atom. The first-order chi connectivity index (χ1) is 12.2. The zero-order valence-corrected chi connectivity index (χ0v) is 19.2. The molecule has 0 radical (unpaired) electrons. The molecule has 146 valence electrons. The van der Waals surface area contributed by atoms with Gasteiger partial charge in [0.2, 0.25) is 0 Å². The van der Waals surface area contributed by atoms with Crippen molar-refractivity contribution in [1.29, 1.82) is 0 Å². The number of hydrogen-bond acceptors (Lipinski definition) is 4. The number of halogens is 1. The Bertz CT molecular complexity index is 612. The second kappa shape index (κ2) is 12.3. The van der Waals surface area contributed by atoms with Crippen molar-refractivity contribution >= 4 is 41.3 Å². The van der Waals surface area contributed by atoms with Gasteiger partial charge in [0.25, 0.3) is 0 Å². The molecule has 0 aromatic carbocycles. The fourth-order valence-corrected chi connectivity index (χ4v) is 3.68. The van der Waals surface area contributed by atoms with Crippen LogP contribution in [0.2, 0.25) is 0 Å². The van der Waals surface area contributed by atoms with E-state index >= 15 is 0 Å². The summed E-state index contributed by atoms with van der Waals surface area (Å²) >= 11 is 1.80. The summed E-state index contributed by atoms with van der Waals surface area (Å²) in [5, 5.41) is 9.00.